The average molecular weight is 391 g/mol. The Morgan fingerprint density at radius 3 is 2.65 bits per heavy atom. The Morgan fingerprint density at radius 2 is 1.96 bits per heavy atom. The van der Waals surface area contributed by atoms with E-state index in [2.05, 4.69) is 15.5 Å². The Balaban J connectivity index is 1.79. The molecule has 0 atom stereocenters. The molecule has 0 bridgehead atoms. The van der Waals surface area contributed by atoms with Crippen LogP contribution in [0.1, 0.15) is 15.9 Å². The number of carbonyl (C=O) groups excluding carboxylic acids is 1. The van der Waals surface area contributed by atoms with Crippen LogP contribution in [0.15, 0.2) is 47.5 Å². The van der Waals surface area contributed by atoms with Crippen molar-refractivity contribution < 1.29 is 15.0 Å². The summed E-state index contributed by atoms with van der Waals surface area (Å²) in [5, 5.41) is 34.5. The normalized spacial score (nSPS) is 10.7. The molecule has 2 aromatic carbocycles. The van der Waals surface area contributed by atoms with Crippen molar-refractivity contribution in [3.8, 4) is 22.8 Å². The molecule has 1 heterocycles. The van der Waals surface area contributed by atoms with Crippen molar-refractivity contribution in [3.05, 3.63) is 58.7 Å². The van der Waals surface area contributed by atoms with Crippen molar-refractivity contribution >= 4 is 29.5 Å². The van der Waals surface area contributed by atoms with Crippen molar-refractivity contribution in [2.45, 2.75) is 11.4 Å². The van der Waals surface area contributed by atoms with Crippen LogP contribution < -0.4 is 10.5 Å². The van der Waals surface area contributed by atoms with Crippen LogP contribution in [0, 0.1) is 0 Å². The van der Waals surface area contributed by atoms with E-state index in [0.717, 1.165) is 28.5 Å². The van der Waals surface area contributed by atoms with Gasteiger partial charge in [0.15, 0.2) is 0 Å². The molecule has 26 heavy (non-hydrogen) atoms. The molecule has 0 spiro atoms. The summed E-state index contributed by atoms with van der Waals surface area (Å²) >= 11 is 7.04. The van der Waals surface area contributed by atoms with Gasteiger partial charge in [-0.25, -0.2) is 0 Å². The molecule has 7 nitrogen and oxygen atoms in total. The topological polar surface area (TPSA) is 124 Å². The molecule has 3 rings (SSSR count). The number of carbonyl (C=O) groups is 1. The monoisotopic (exact) mass is 390 g/mol. The lowest BCUT2D eigenvalue weighted by Crippen LogP contribution is -2.23. The molecule has 0 aliphatic heterocycles. The van der Waals surface area contributed by atoms with Crippen LogP contribution in [0.25, 0.3) is 11.3 Å². The molecule has 0 fully saturated rings. The van der Waals surface area contributed by atoms with Gasteiger partial charge in [-0.2, -0.15) is 5.10 Å². The van der Waals surface area contributed by atoms with Crippen molar-refractivity contribution in [1.29, 1.82) is 0 Å². The predicted molar refractivity (Wildman–Crippen MR) is 100 cm³/mol. The summed E-state index contributed by atoms with van der Waals surface area (Å²) in [5.41, 5.74) is 1.73. The Bertz CT molecular complexity index is 944. The van der Waals surface area contributed by atoms with Gasteiger partial charge in [0.1, 0.15) is 11.5 Å². The first-order valence-corrected chi connectivity index (χ1v) is 8.74. The number of aromatic amines is 1. The first-order chi connectivity index (χ1) is 12.5. The maximum absolute atomic E-state index is 12.5. The SMILES string of the molecule is NSc1ccc(CNC(=O)c2cn[nH]c2-c2cc(Cl)c(O)cc2O)cc1. The lowest BCUT2D eigenvalue weighted by molar-refractivity contribution is 0.0951. The molecule has 134 valence electrons. The van der Waals surface area contributed by atoms with E-state index in [0.29, 0.717) is 12.2 Å². The minimum absolute atomic E-state index is 0.0524. The van der Waals surface area contributed by atoms with Crippen LogP contribution in [0.5, 0.6) is 11.5 Å². The van der Waals surface area contributed by atoms with E-state index < -0.39 is 0 Å². The highest BCUT2D eigenvalue weighted by Gasteiger charge is 2.19. The second kappa shape index (κ2) is 7.69. The van der Waals surface area contributed by atoms with Crippen molar-refractivity contribution in [2.24, 2.45) is 5.14 Å². The van der Waals surface area contributed by atoms with Gasteiger partial charge in [0.2, 0.25) is 0 Å². The zero-order valence-electron chi connectivity index (χ0n) is 13.4. The number of benzene rings is 2. The zero-order chi connectivity index (χ0) is 18.7. The Hall–Kier alpha value is -2.68. The van der Waals surface area contributed by atoms with Gasteiger partial charge in [-0.1, -0.05) is 23.7 Å². The fraction of sp³-hybridized carbons (Fsp3) is 0.0588. The van der Waals surface area contributed by atoms with E-state index in [4.69, 9.17) is 16.7 Å². The van der Waals surface area contributed by atoms with Crippen LogP contribution in [-0.2, 0) is 6.54 Å². The molecular weight excluding hydrogens is 376 g/mol. The van der Waals surface area contributed by atoms with E-state index >= 15 is 0 Å². The molecule has 1 amide bonds. The number of phenols is 2. The number of aromatic hydroxyl groups is 2. The summed E-state index contributed by atoms with van der Waals surface area (Å²) in [6.45, 7) is 0.321. The number of halogens is 1. The number of nitrogens with one attached hydrogen (secondary N) is 2. The molecular formula is C17H15ClN4O3S. The molecule has 1 aromatic heterocycles. The highest BCUT2D eigenvalue weighted by molar-refractivity contribution is 7.97. The fourth-order valence-electron chi connectivity index (χ4n) is 2.38. The Kier molecular flexibility index (Phi) is 5.36. The number of phenolic OH excluding ortho intramolecular Hbond substituents is 2. The minimum atomic E-state index is -0.366. The van der Waals surface area contributed by atoms with Gasteiger partial charge in [0.25, 0.3) is 5.91 Å². The molecule has 0 aliphatic rings. The largest absolute Gasteiger partial charge is 0.507 e. The molecule has 3 aromatic rings. The summed E-state index contributed by atoms with van der Waals surface area (Å²) < 4.78 is 0. The molecule has 0 radical (unpaired) electrons. The molecule has 0 saturated carbocycles. The molecule has 0 unspecified atom stereocenters. The van der Waals surface area contributed by atoms with Gasteiger partial charge in [0.05, 0.1) is 22.5 Å². The van der Waals surface area contributed by atoms with E-state index in [1.165, 1.54) is 12.3 Å². The molecule has 0 saturated heterocycles. The number of rotatable bonds is 5. The van der Waals surface area contributed by atoms with Gasteiger partial charge >= 0.3 is 0 Å². The quantitative estimate of drug-likeness (QED) is 0.426. The van der Waals surface area contributed by atoms with Crippen molar-refractivity contribution in [1.82, 2.24) is 15.5 Å². The van der Waals surface area contributed by atoms with E-state index in [-0.39, 0.29) is 33.6 Å². The number of H-pyrrole nitrogens is 1. The minimum Gasteiger partial charge on any atom is -0.507 e. The maximum Gasteiger partial charge on any atom is 0.255 e. The highest BCUT2D eigenvalue weighted by Crippen LogP contribution is 2.37. The van der Waals surface area contributed by atoms with Gasteiger partial charge in [-0.05, 0) is 35.7 Å². The van der Waals surface area contributed by atoms with Crippen LogP contribution >= 0.6 is 23.5 Å². The maximum atomic E-state index is 12.5. The smallest absolute Gasteiger partial charge is 0.255 e. The van der Waals surface area contributed by atoms with Crippen LogP contribution in [0.2, 0.25) is 5.02 Å². The summed E-state index contributed by atoms with van der Waals surface area (Å²) in [7, 11) is 0. The third-order valence-electron chi connectivity index (χ3n) is 3.73. The second-order valence-electron chi connectivity index (χ2n) is 5.42. The number of hydrogen-bond acceptors (Lipinski definition) is 6. The Labute approximate surface area is 158 Å². The average Bonchev–Trinajstić information content (AvgIpc) is 3.12. The van der Waals surface area contributed by atoms with Crippen LogP contribution in [0.4, 0.5) is 0 Å². The van der Waals surface area contributed by atoms with E-state index in [9.17, 15) is 15.0 Å². The summed E-state index contributed by atoms with van der Waals surface area (Å²) in [5.74, 6) is -0.841. The second-order valence-corrected chi connectivity index (χ2v) is 6.54. The van der Waals surface area contributed by atoms with Crippen LogP contribution in [-0.4, -0.2) is 26.3 Å². The Morgan fingerprint density at radius 1 is 1.23 bits per heavy atom. The van der Waals surface area contributed by atoms with Gasteiger partial charge in [0, 0.05) is 23.1 Å². The lowest BCUT2D eigenvalue weighted by Gasteiger charge is -2.09. The molecule has 6 N–H and O–H groups in total. The highest BCUT2D eigenvalue weighted by atomic mass is 35.5. The third-order valence-corrected chi connectivity index (χ3v) is 4.58. The van der Waals surface area contributed by atoms with Gasteiger partial charge in [-0.15, -0.1) is 0 Å². The number of aromatic nitrogens is 2. The number of amides is 1. The first kappa shape index (κ1) is 18.1. The zero-order valence-corrected chi connectivity index (χ0v) is 14.9. The summed E-state index contributed by atoms with van der Waals surface area (Å²) in [4.78, 5) is 13.4. The standard InChI is InChI=1S/C17H15ClN4O3S/c18-13-5-11(14(23)6-15(13)24)16-12(8-21-22-16)17(25)20-7-9-1-3-10(26-19)4-2-9/h1-6,8,23-24H,7,19H2,(H,20,25)(H,21,22). The van der Waals surface area contributed by atoms with Crippen molar-refractivity contribution in [3.63, 3.8) is 0 Å². The summed E-state index contributed by atoms with van der Waals surface area (Å²) in [6, 6.07) is 9.95. The van der Waals surface area contributed by atoms with Gasteiger partial charge < -0.3 is 15.5 Å². The predicted octanol–water partition coefficient (Wildman–Crippen LogP) is 3.04. The first-order valence-electron chi connectivity index (χ1n) is 7.48. The van der Waals surface area contributed by atoms with Gasteiger partial charge in [-0.3, -0.25) is 15.0 Å². The van der Waals surface area contributed by atoms with E-state index in [1.807, 2.05) is 24.3 Å². The number of nitrogens with two attached hydrogens (primary N) is 1. The third kappa shape index (κ3) is 3.77. The van der Waals surface area contributed by atoms with Crippen LogP contribution in [0.3, 0.4) is 0 Å². The van der Waals surface area contributed by atoms with Crippen molar-refractivity contribution in [2.75, 3.05) is 0 Å². The molecule has 9 heteroatoms. The number of hydrogen-bond donors (Lipinski definition) is 5. The number of nitrogens with zero attached hydrogens (tertiary/aromatic N) is 1. The summed E-state index contributed by atoms with van der Waals surface area (Å²) in [6.07, 6.45) is 1.36. The lowest BCUT2D eigenvalue weighted by atomic mass is 10.1. The molecule has 0 aliphatic carbocycles. The fourth-order valence-corrected chi connectivity index (χ4v) is 2.83. The van der Waals surface area contributed by atoms with E-state index in [1.54, 1.807) is 0 Å².